The monoisotopic (exact) mass is 300 g/mol. The van der Waals surface area contributed by atoms with Crippen LogP contribution in [0.4, 0.5) is 5.69 Å². The highest BCUT2D eigenvalue weighted by Crippen LogP contribution is 2.24. The molecule has 0 spiro atoms. The molecule has 0 bridgehead atoms. The summed E-state index contributed by atoms with van der Waals surface area (Å²) in [4.78, 5) is 21.8. The maximum Gasteiger partial charge on any atom is 0.274 e. The van der Waals surface area contributed by atoms with Crippen molar-refractivity contribution < 1.29 is 18.1 Å². The Bertz CT molecular complexity index is 637. The standard InChI is InChI=1S/C12H16N2O5S/c1-8(2)12(15)6-9-4-5-10(20(18,19)13-3)7-11(9)14(16)17/h4-5,7-8,13H,6H2,1-3H3. The van der Waals surface area contributed by atoms with Gasteiger partial charge < -0.3 is 0 Å². The van der Waals surface area contributed by atoms with E-state index in [1.165, 1.54) is 19.2 Å². The molecule has 0 saturated heterocycles. The second-order valence-corrected chi connectivity index (χ2v) is 6.44. The molecule has 0 atom stereocenters. The summed E-state index contributed by atoms with van der Waals surface area (Å²) in [5.41, 5.74) is -0.154. The highest BCUT2D eigenvalue weighted by Gasteiger charge is 2.22. The van der Waals surface area contributed by atoms with E-state index in [0.717, 1.165) is 6.07 Å². The zero-order chi connectivity index (χ0) is 15.5. The number of sulfonamides is 1. The van der Waals surface area contributed by atoms with E-state index >= 15 is 0 Å². The SMILES string of the molecule is CNS(=O)(=O)c1ccc(CC(=O)C(C)C)c([N+](=O)[O-])c1. The van der Waals surface area contributed by atoms with E-state index in [9.17, 15) is 23.3 Å². The molecular weight excluding hydrogens is 284 g/mol. The fraction of sp³-hybridized carbons (Fsp3) is 0.417. The summed E-state index contributed by atoms with van der Waals surface area (Å²) in [6.07, 6.45) is -0.0894. The van der Waals surface area contributed by atoms with Crippen molar-refractivity contribution in [3.63, 3.8) is 0 Å². The van der Waals surface area contributed by atoms with Gasteiger partial charge in [0, 0.05) is 24.0 Å². The molecule has 0 aliphatic carbocycles. The average molecular weight is 300 g/mol. The molecule has 0 unspecified atom stereocenters. The molecule has 0 amide bonds. The minimum atomic E-state index is -3.76. The Labute approximate surface area is 117 Å². The van der Waals surface area contributed by atoms with Crippen LogP contribution in [0.15, 0.2) is 23.1 Å². The van der Waals surface area contributed by atoms with Crippen molar-refractivity contribution in [2.75, 3.05) is 7.05 Å². The lowest BCUT2D eigenvalue weighted by atomic mass is 10.00. The maximum absolute atomic E-state index is 11.7. The summed E-state index contributed by atoms with van der Waals surface area (Å²) in [5.74, 6) is -0.382. The molecule has 0 aliphatic heterocycles. The van der Waals surface area contributed by atoms with Gasteiger partial charge in [0.15, 0.2) is 0 Å². The van der Waals surface area contributed by atoms with Crippen molar-refractivity contribution in [2.24, 2.45) is 5.92 Å². The first-order valence-corrected chi connectivity index (χ1v) is 7.41. The quantitative estimate of drug-likeness (QED) is 0.629. The molecule has 7 nitrogen and oxygen atoms in total. The Morgan fingerprint density at radius 2 is 2.00 bits per heavy atom. The minimum Gasteiger partial charge on any atom is -0.299 e. The van der Waals surface area contributed by atoms with Crippen molar-refractivity contribution in [1.29, 1.82) is 0 Å². The number of benzene rings is 1. The number of nitrogens with one attached hydrogen (secondary N) is 1. The van der Waals surface area contributed by atoms with Gasteiger partial charge in [-0.15, -0.1) is 0 Å². The summed E-state index contributed by atoms with van der Waals surface area (Å²) in [6.45, 7) is 3.40. The van der Waals surface area contributed by atoms with Gasteiger partial charge >= 0.3 is 0 Å². The first-order valence-electron chi connectivity index (χ1n) is 5.92. The number of hydrogen-bond donors (Lipinski definition) is 1. The Kier molecular flexibility index (Phi) is 4.96. The van der Waals surface area contributed by atoms with Gasteiger partial charge in [-0.05, 0) is 13.1 Å². The van der Waals surface area contributed by atoms with Crippen LogP contribution in [0.1, 0.15) is 19.4 Å². The molecule has 110 valence electrons. The van der Waals surface area contributed by atoms with Gasteiger partial charge in [0.1, 0.15) is 5.78 Å². The summed E-state index contributed by atoms with van der Waals surface area (Å²) in [5, 5.41) is 11.0. The largest absolute Gasteiger partial charge is 0.299 e. The van der Waals surface area contributed by atoms with E-state index in [2.05, 4.69) is 4.72 Å². The number of carbonyl (C=O) groups excluding carboxylic acids is 1. The first-order chi connectivity index (χ1) is 9.19. The molecule has 8 heteroatoms. The summed E-state index contributed by atoms with van der Waals surface area (Å²) < 4.78 is 25.3. The van der Waals surface area contributed by atoms with E-state index in [1.54, 1.807) is 13.8 Å². The molecule has 1 N–H and O–H groups in total. The predicted octanol–water partition coefficient (Wildman–Crippen LogP) is 1.27. The van der Waals surface area contributed by atoms with Crippen molar-refractivity contribution in [2.45, 2.75) is 25.2 Å². The van der Waals surface area contributed by atoms with Gasteiger partial charge in [-0.2, -0.15) is 0 Å². The van der Waals surface area contributed by atoms with Gasteiger partial charge in [-0.3, -0.25) is 14.9 Å². The number of carbonyl (C=O) groups is 1. The summed E-state index contributed by atoms with van der Waals surface area (Å²) in [7, 11) is -2.54. The van der Waals surface area contributed by atoms with Gasteiger partial charge in [-0.1, -0.05) is 19.9 Å². The summed E-state index contributed by atoms with van der Waals surface area (Å²) >= 11 is 0. The van der Waals surface area contributed by atoms with Gasteiger partial charge in [0.25, 0.3) is 5.69 Å². The van der Waals surface area contributed by atoms with Crippen LogP contribution in [0.2, 0.25) is 0 Å². The van der Waals surface area contributed by atoms with Crippen LogP contribution < -0.4 is 4.72 Å². The Hall–Kier alpha value is -1.80. The van der Waals surface area contributed by atoms with Crippen LogP contribution in [-0.4, -0.2) is 26.2 Å². The molecule has 1 aromatic rings. The summed E-state index contributed by atoms with van der Waals surface area (Å²) in [6, 6.07) is 3.53. The van der Waals surface area contributed by atoms with Crippen molar-refractivity contribution in [3.05, 3.63) is 33.9 Å². The zero-order valence-corrected chi connectivity index (χ0v) is 12.2. The van der Waals surface area contributed by atoms with Crippen LogP contribution in [0, 0.1) is 16.0 Å². The second kappa shape index (κ2) is 6.10. The lowest BCUT2D eigenvalue weighted by molar-refractivity contribution is -0.385. The number of nitrogens with zero attached hydrogens (tertiary/aromatic N) is 1. The normalized spacial score (nSPS) is 11.6. The number of rotatable bonds is 6. The van der Waals surface area contributed by atoms with Crippen LogP contribution in [0.3, 0.4) is 0 Å². The number of Topliss-reactive ketones (excluding diaryl/α,β-unsaturated/α-hetero) is 1. The van der Waals surface area contributed by atoms with E-state index < -0.39 is 14.9 Å². The van der Waals surface area contributed by atoms with E-state index in [0.29, 0.717) is 0 Å². The van der Waals surface area contributed by atoms with Gasteiger partial charge in [0.05, 0.1) is 9.82 Å². The number of nitro benzene ring substituents is 1. The first kappa shape index (κ1) is 16.3. The van der Waals surface area contributed by atoms with Gasteiger partial charge in [0.2, 0.25) is 10.0 Å². The third kappa shape index (κ3) is 3.61. The number of nitro groups is 1. The molecule has 0 fully saturated rings. The second-order valence-electron chi connectivity index (χ2n) is 4.55. The predicted molar refractivity (Wildman–Crippen MR) is 72.9 cm³/mol. The fourth-order valence-electron chi connectivity index (χ4n) is 1.54. The fourth-order valence-corrected chi connectivity index (χ4v) is 2.29. The molecule has 0 aliphatic rings. The smallest absolute Gasteiger partial charge is 0.274 e. The van der Waals surface area contributed by atoms with Crippen molar-refractivity contribution >= 4 is 21.5 Å². The van der Waals surface area contributed by atoms with Crippen molar-refractivity contribution in [1.82, 2.24) is 4.72 Å². The molecule has 0 saturated carbocycles. The van der Waals surface area contributed by atoms with Gasteiger partial charge in [-0.25, -0.2) is 13.1 Å². The molecular formula is C12H16N2O5S. The number of ketones is 1. The average Bonchev–Trinajstić information content (AvgIpc) is 2.38. The Morgan fingerprint density at radius 3 is 2.45 bits per heavy atom. The molecule has 20 heavy (non-hydrogen) atoms. The lowest BCUT2D eigenvalue weighted by Crippen LogP contribution is -2.19. The zero-order valence-electron chi connectivity index (χ0n) is 11.4. The van der Waals surface area contributed by atoms with Crippen LogP contribution >= 0.6 is 0 Å². The minimum absolute atomic E-state index is 0.0894. The highest BCUT2D eigenvalue weighted by molar-refractivity contribution is 7.89. The van der Waals surface area contributed by atoms with E-state index in [4.69, 9.17) is 0 Å². The topological polar surface area (TPSA) is 106 Å². The Morgan fingerprint density at radius 1 is 1.40 bits per heavy atom. The van der Waals surface area contributed by atoms with Crippen LogP contribution in [0.5, 0.6) is 0 Å². The van der Waals surface area contributed by atoms with Crippen LogP contribution in [0.25, 0.3) is 0 Å². The third-order valence-electron chi connectivity index (χ3n) is 2.84. The third-order valence-corrected chi connectivity index (χ3v) is 4.25. The lowest BCUT2D eigenvalue weighted by Gasteiger charge is -2.07. The molecule has 0 radical (unpaired) electrons. The molecule has 0 aromatic heterocycles. The van der Waals surface area contributed by atoms with Crippen LogP contribution in [-0.2, 0) is 21.2 Å². The van der Waals surface area contributed by atoms with E-state index in [-0.39, 0.29) is 34.3 Å². The van der Waals surface area contributed by atoms with E-state index in [1.807, 2.05) is 0 Å². The molecule has 0 heterocycles. The molecule has 1 rings (SSSR count). The molecule has 1 aromatic carbocycles. The maximum atomic E-state index is 11.7. The Balaban J connectivity index is 3.29. The highest BCUT2D eigenvalue weighted by atomic mass is 32.2. The van der Waals surface area contributed by atoms with Crippen molar-refractivity contribution in [3.8, 4) is 0 Å². The number of hydrogen-bond acceptors (Lipinski definition) is 5.